The molecule has 0 radical (unpaired) electrons. The highest BCUT2D eigenvalue weighted by Gasteiger charge is 1.99. The molecule has 20 heteroatoms. The van der Waals surface area contributed by atoms with Gasteiger partial charge in [-0.15, -0.1) is 0 Å². The van der Waals surface area contributed by atoms with Crippen molar-refractivity contribution in [3.8, 4) is 0 Å². The molecule has 0 aliphatic rings. The molecule has 0 atom stereocenters. The van der Waals surface area contributed by atoms with Crippen LogP contribution in [-0.2, 0) is 90.0 Å². The minimum atomic E-state index is 0.0207. The van der Waals surface area contributed by atoms with Crippen molar-refractivity contribution < 1.29 is 95.1 Å². The molecule has 0 rings (SSSR count). The second-order valence-electron chi connectivity index (χ2n) is 12.4. The molecule has 0 aromatic rings. The van der Waals surface area contributed by atoms with Crippen LogP contribution in [0.25, 0.3) is 0 Å². The number of aliphatic hydroxyl groups is 1. The van der Waals surface area contributed by atoms with Crippen LogP contribution in [-0.4, -0.2) is 263 Å². The number of hydrogen-bond acceptors (Lipinski definition) is 20. The molecule has 61 heavy (non-hydrogen) atoms. The maximum atomic E-state index is 8.60. The minimum Gasteiger partial charge on any atom is -0.394 e. The van der Waals surface area contributed by atoms with Crippen LogP contribution < -0.4 is 0 Å². The van der Waals surface area contributed by atoms with E-state index in [2.05, 4.69) is 6.92 Å². The van der Waals surface area contributed by atoms with Gasteiger partial charge >= 0.3 is 0 Å². The predicted molar refractivity (Wildman–Crippen MR) is 223 cm³/mol. The van der Waals surface area contributed by atoms with Crippen molar-refractivity contribution in [2.24, 2.45) is 0 Å². The van der Waals surface area contributed by atoms with Gasteiger partial charge in [0, 0.05) is 6.61 Å². The van der Waals surface area contributed by atoms with Crippen LogP contribution in [0.2, 0.25) is 0 Å². The Morgan fingerprint density at radius 3 is 0.361 bits per heavy atom. The van der Waals surface area contributed by atoms with Crippen LogP contribution >= 0.6 is 0 Å². The molecule has 0 saturated carbocycles. The summed E-state index contributed by atoms with van der Waals surface area (Å²) in [6.07, 6.45) is 1.02. The smallest absolute Gasteiger partial charge is 0.0701 e. The lowest BCUT2D eigenvalue weighted by Gasteiger charge is -2.09. The van der Waals surface area contributed by atoms with Gasteiger partial charge in [-0.3, -0.25) is 0 Å². The van der Waals surface area contributed by atoms with Crippen LogP contribution in [0.1, 0.15) is 13.3 Å². The van der Waals surface area contributed by atoms with Crippen LogP contribution in [0.15, 0.2) is 0 Å². The van der Waals surface area contributed by atoms with Gasteiger partial charge < -0.3 is 95.1 Å². The Morgan fingerprint density at radius 1 is 0.164 bits per heavy atom. The average Bonchev–Trinajstić information content (AvgIpc) is 3.27. The summed E-state index contributed by atoms with van der Waals surface area (Å²) in [7, 11) is 0. The van der Waals surface area contributed by atoms with Gasteiger partial charge in [-0.2, -0.15) is 0 Å². The average molecular weight is 897 g/mol. The molecule has 0 unspecified atom stereocenters. The van der Waals surface area contributed by atoms with Crippen molar-refractivity contribution in [2.75, 3.05) is 258 Å². The van der Waals surface area contributed by atoms with E-state index >= 15 is 0 Å². The van der Waals surface area contributed by atoms with Gasteiger partial charge in [-0.1, -0.05) is 6.92 Å². The lowest BCUT2D eigenvalue weighted by Crippen LogP contribution is -2.16. The van der Waals surface area contributed by atoms with Crippen LogP contribution in [0.5, 0.6) is 0 Å². The van der Waals surface area contributed by atoms with E-state index in [-0.39, 0.29) is 6.61 Å². The largest absolute Gasteiger partial charge is 0.394 e. The molecule has 0 fully saturated rings. The number of rotatable bonds is 58. The van der Waals surface area contributed by atoms with Crippen molar-refractivity contribution in [3.63, 3.8) is 0 Å². The highest BCUT2D eigenvalue weighted by molar-refractivity contribution is 4.41. The molecule has 1 N–H and O–H groups in total. The van der Waals surface area contributed by atoms with E-state index in [9.17, 15) is 0 Å². The SMILES string of the molecule is CCCOCCOCCOCCOCCOCCOCCOCCOCCOCCOCCOCCOCCOCCOCCOCCOCCOCCOCCOCCO. The Hall–Kier alpha value is -0.800. The summed E-state index contributed by atoms with van der Waals surface area (Å²) >= 11 is 0. The summed E-state index contributed by atoms with van der Waals surface area (Å²) in [6.45, 7) is 21.5. The lowest BCUT2D eigenvalue weighted by atomic mass is 10.5. The molecule has 0 amide bonds. The van der Waals surface area contributed by atoms with Crippen LogP contribution in [0.4, 0.5) is 0 Å². The van der Waals surface area contributed by atoms with Gasteiger partial charge in [0.2, 0.25) is 0 Å². The Labute approximate surface area is 365 Å². The second-order valence-corrected chi connectivity index (χ2v) is 12.4. The van der Waals surface area contributed by atoms with Crippen molar-refractivity contribution in [1.82, 2.24) is 0 Å². The maximum Gasteiger partial charge on any atom is 0.0701 e. The first kappa shape index (κ1) is 60.2. The van der Waals surface area contributed by atoms with Gasteiger partial charge in [0.25, 0.3) is 0 Å². The summed E-state index contributed by atoms with van der Waals surface area (Å²) in [5.41, 5.74) is 0. The van der Waals surface area contributed by atoms with Gasteiger partial charge in [-0.05, 0) is 6.42 Å². The minimum absolute atomic E-state index is 0.0207. The fraction of sp³-hybridized carbons (Fsp3) is 1.00. The van der Waals surface area contributed by atoms with Gasteiger partial charge in [0.05, 0.1) is 251 Å². The summed E-state index contributed by atoms with van der Waals surface area (Å²) in [5.74, 6) is 0. The second kappa shape index (κ2) is 59.2. The van der Waals surface area contributed by atoms with Gasteiger partial charge in [-0.25, -0.2) is 0 Å². The Kier molecular flexibility index (Phi) is 58.4. The lowest BCUT2D eigenvalue weighted by molar-refractivity contribution is -0.0313. The van der Waals surface area contributed by atoms with E-state index in [4.69, 9.17) is 95.1 Å². The first-order valence-electron chi connectivity index (χ1n) is 22.0. The molecule has 0 spiro atoms. The topological polar surface area (TPSA) is 196 Å². The van der Waals surface area contributed by atoms with E-state index in [1.165, 1.54) is 0 Å². The van der Waals surface area contributed by atoms with Crippen LogP contribution in [0.3, 0.4) is 0 Å². The number of ether oxygens (including phenoxy) is 19. The fourth-order valence-electron chi connectivity index (χ4n) is 4.27. The van der Waals surface area contributed by atoms with E-state index in [0.29, 0.717) is 244 Å². The summed E-state index contributed by atoms with van der Waals surface area (Å²) in [5, 5.41) is 8.60. The standard InChI is InChI=1S/C41H84O20/c1-2-4-43-6-8-45-10-12-47-14-16-49-18-20-51-22-24-53-26-28-55-30-32-57-34-36-59-38-40-61-41-39-60-37-35-58-33-31-56-29-27-54-25-23-52-21-19-50-17-15-48-13-11-46-9-7-44-5-3-42/h42H,2-41H2,1H3. The molecule has 0 aliphatic heterocycles. The zero-order chi connectivity index (χ0) is 43.7. The summed E-state index contributed by atoms with van der Waals surface area (Å²) < 4.78 is 103. The zero-order valence-electron chi connectivity index (χ0n) is 37.5. The Morgan fingerprint density at radius 2 is 0.262 bits per heavy atom. The van der Waals surface area contributed by atoms with E-state index in [0.717, 1.165) is 13.0 Å². The molecule has 0 aromatic heterocycles. The van der Waals surface area contributed by atoms with Crippen molar-refractivity contribution in [2.45, 2.75) is 13.3 Å². The first-order valence-corrected chi connectivity index (χ1v) is 22.0. The molecular weight excluding hydrogens is 812 g/mol. The third-order valence-electron chi connectivity index (χ3n) is 7.28. The molecule has 0 bridgehead atoms. The molecule has 368 valence electrons. The number of aliphatic hydroxyl groups excluding tert-OH is 1. The molecule has 20 nitrogen and oxygen atoms in total. The third kappa shape index (κ3) is 59.2. The van der Waals surface area contributed by atoms with Crippen molar-refractivity contribution in [1.29, 1.82) is 0 Å². The maximum absolute atomic E-state index is 8.60. The highest BCUT2D eigenvalue weighted by Crippen LogP contribution is 1.90. The first-order chi connectivity index (χ1) is 30.4. The molecule has 0 aliphatic carbocycles. The van der Waals surface area contributed by atoms with Crippen molar-refractivity contribution >= 4 is 0 Å². The predicted octanol–water partition coefficient (Wildman–Crippen LogP) is 0.704. The molecule has 0 aromatic carbocycles. The summed E-state index contributed by atoms with van der Waals surface area (Å²) in [6, 6.07) is 0. The monoisotopic (exact) mass is 897 g/mol. The van der Waals surface area contributed by atoms with Gasteiger partial charge in [0.1, 0.15) is 0 Å². The normalized spacial score (nSPS) is 11.7. The highest BCUT2D eigenvalue weighted by atomic mass is 16.6. The Balaban J connectivity index is 3.06. The number of hydrogen-bond donors (Lipinski definition) is 1. The van der Waals surface area contributed by atoms with E-state index < -0.39 is 0 Å². The molecular formula is C41H84O20. The van der Waals surface area contributed by atoms with E-state index in [1.54, 1.807) is 0 Å². The molecule has 0 heterocycles. The van der Waals surface area contributed by atoms with E-state index in [1.807, 2.05) is 0 Å². The van der Waals surface area contributed by atoms with Crippen LogP contribution in [0, 0.1) is 0 Å². The zero-order valence-corrected chi connectivity index (χ0v) is 37.5. The van der Waals surface area contributed by atoms with Gasteiger partial charge in [0.15, 0.2) is 0 Å². The molecule has 0 saturated heterocycles. The van der Waals surface area contributed by atoms with Crippen molar-refractivity contribution in [3.05, 3.63) is 0 Å². The quantitative estimate of drug-likeness (QED) is 0.0838. The fourth-order valence-corrected chi connectivity index (χ4v) is 4.27. The Bertz CT molecular complexity index is 692. The summed E-state index contributed by atoms with van der Waals surface area (Å²) in [4.78, 5) is 0. The third-order valence-corrected chi connectivity index (χ3v) is 7.28.